The van der Waals surface area contributed by atoms with Crippen LogP contribution >= 0.6 is 0 Å². The van der Waals surface area contributed by atoms with E-state index in [4.69, 9.17) is 5.26 Å². The van der Waals surface area contributed by atoms with E-state index in [1.807, 2.05) is 19.1 Å². The summed E-state index contributed by atoms with van der Waals surface area (Å²) in [4.78, 5) is 27.6. The predicted molar refractivity (Wildman–Crippen MR) is 90.4 cm³/mol. The Morgan fingerprint density at radius 3 is 2.67 bits per heavy atom. The van der Waals surface area contributed by atoms with Crippen LogP contribution in [0.3, 0.4) is 0 Å². The van der Waals surface area contributed by atoms with E-state index in [-0.39, 0.29) is 18.9 Å². The Kier molecular flexibility index (Phi) is 5.86. The van der Waals surface area contributed by atoms with Crippen LogP contribution in [0.4, 0.5) is 16.3 Å². The van der Waals surface area contributed by atoms with Gasteiger partial charge in [0.25, 0.3) is 0 Å². The van der Waals surface area contributed by atoms with Gasteiger partial charge in [0.15, 0.2) is 0 Å². The number of hydrogen-bond donors (Lipinski definition) is 3. The lowest BCUT2D eigenvalue weighted by Gasteiger charge is -2.09. The van der Waals surface area contributed by atoms with E-state index >= 15 is 0 Å². The number of amides is 3. The molecule has 7 heteroatoms. The van der Waals surface area contributed by atoms with Crippen molar-refractivity contribution in [3.8, 4) is 6.07 Å². The van der Waals surface area contributed by atoms with Crippen molar-refractivity contribution < 1.29 is 9.59 Å². The Balaban J connectivity index is 1.75. The number of urea groups is 1. The zero-order valence-corrected chi connectivity index (χ0v) is 13.2. The van der Waals surface area contributed by atoms with Gasteiger partial charge in [0.1, 0.15) is 11.9 Å². The molecule has 3 amide bonds. The molecule has 1 heterocycles. The van der Waals surface area contributed by atoms with Crippen molar-refractivity contribution >= 4 is 23.4 Å². The van der Waals surface area contributed by atoms with Crippen LogP contribution in [-0.2, 0) is 4.79 Å². The topological polar surface area (TPSA) is 107 Å². The van der Waals surface area contributed by atoms with Gasteiger partial charge in [-0.3, -0.25) is 4.79 Å². The van der Waals surface area contributed by atoms with Crippen LogP contribution in [0.2, 0.25) is 0 Å². The third kappa shape index (κ3) is 5.10. The molecule has 0 spiro atoms. The summed E-state index contributed by atoms with van der Waals surface area (Å²) >= 11 is 0. The van der Waals surface area contributed by atoms with Crippen molar-refractivity contribution in [2.75, 3.05) is 17.2 Å². The van der Waals surface area contributed by atoms with Crippen molar-refractivity contribution in [1.29, 1.82) is 5.26 Å². The van der Waals surface area contributed by atoms with Gasteiger partial charge < -0.3 is 16.0 Å². The number of pyridine rings is 1. The molecule has 0 atom stereocenters. The van der Waals surface area contributed by atoms with Gasteiger partial charge in [-0.25, -0.2) is 9.78 Å². The molecule has 0 saturated carbocycles. The first-order chi connectivity index (χ1) is 11.6. The molecule has 0 bridgehead atoms. The summed E-state index contributed by atoms with van der Waals surface area (Å²) in [5.74, 6) is 0.224. The second-order valence-corrected chi connectivity index (χ2v) is 5.06. The quantitative estimate of drug-likeness (QED) is 0.785. The number of aromatic nitrogens is 1. The fraction of sp³-hybridized carbons (Fsp3) is 0.176. The van der Waals surface area contributed by atoms with Crippen LogP contribution in [0.1, 0.15) is 17.5 Å². The number of anilines is 2. The maximum absolute atomic E-state index is 11.8. The monoisotopic (exact) mass is 323 g/mol. The fourth-order valence-corrected chi connectivity index (χ4v) is 1.89. The Morgan fingerprint density at radius 2 is 1.96 bits per heavy atom. The van der Waals surface area contributed by atoms with Crippen LogP contribution in [0.15, 0.2) is 42.6 Å². The third-order valence-corrected chi connectivity index (χ3v) is 3.11. The standard InChI is InChI=1S/C17H17N5O2/c1-12-6-7-15(20-11-12)22-16(23)8-9-19-17(24)21-14-5-3-2-4-13(14)10-18/h2-7,11H,8-9H2,1H3,(H2,19,21,24)(H,20,22,23). The summed E-state index contributed by atoms with van der Waals surface area (Å²) in [5.41, 5.74) is 1.80. The van der Waals surface area contributed by atoms with Gasteiger partial charge in [0, 0.05) is 19.2 Å². The number of benzene rings is 1. The largest absolute Gasteiger partial charge is 0.337 e. The van der Waals surface area contributed by atoms with E-state index in [1.165, 1.54) is 0 Å². The molecule has 0 saturated heterocycles. The van der Waals surface area contributed by atoms with Crippen molar-refractivity contribution in [3.63, 3.8) is 0 Å². The summed E-state index contributed by atoms with van der Waals surface area (Å²) in [6, 6.07) is 11.8. The number of carbonyl (C=O) groups is 2. The number of nitriles is 1. The predicted octanol–water partition coefficient (Wildman–Crippen LogP) is 2.41. The number of rotatable bonds is 5. The Labute approximate surface area is 139 Å². The van der Waals surface area contributed by atoms with Crippen LogP contribution < -0.4 is 16.0 Å². The number of nitrogens with one attached hydrogen (secondary N) is 3. The van der Waals surface area contributed by atoms with Gasteiger partial charge in [-0.15, -0.1) is 0 Å². The summed E-state index contributed by atoms with van der Waals surface area (Å²) in [6.07, 6.45) is 1.77. The highest BCUT2D eigenvalue weighted by molar-refractivity contribution is 5.92. The Bertz CT molecular complexity index is 765. The van der Waals surface area contributed by atoms with Crippen LogP contribution in [0.25, 0.3) is 0 Å². The van der Waals surface area contributed by atoms with Crippen LogP contribution in [0.5, 0.6) is 0 Å². The number of aryl methyl sites for hydroxylation is 1. The normalized spacial score (nSPS) is 9.67. The first kappa shape index (κ1) is 17.0. The molecule has 0 unspecified atom stereocenters. The average Bonchev–Trinajstić information content (AvgIpc) is 2.57. The van der Waals surface area contributed by atoms with E-state index in [2.05, 4.69) is 20.9 Å². The molecule has 2 rings (SSSR count). The molecule has 24 heavy (non-hydrogen) atoms. The van der Waals surface area contributed by atoms with E-state index in [0.717, 1.165) is 5.56 Å². The van der Waals surface area contributed by atoms with Crippen molar-refractivity contribution in [2.45, 2.75) is 13.3 Å². The summed E-state index contributed by atoms with van der Waals surface area (Å²) in [5, 5.41) is 16.7. The number of hydrogen-bond acceptors (Lipinski definition) is 4. The van der Waals surface area contributed by atoms with Crippen LogP contribution in [0, 0.1) is 18.3 Å². The molecular weight excluding hydrogens is 306 g/mol. The minimum absolute atomic E-state index is 0.114. The average molecular weight is 323 g/mol. The van der Waals surface area contributed by atoms with Crippen molar-refractivity contribution in [1.82, 2.24) is 10.3 Å². The van der Waals surface area contributed by atoms with Gasteiger partial charge in [-0.05, 0) is 30.7 Å². The second-order valence-electron chi connectivity index (χ2n) is 5.06. The summed E-state index contributed by atoms with van der Waals surface area (Å²) in [7, 11) is 0. The number of nitrogens with zero attached hydrogens (tertiary/aromatic N) is 2. The van der Waals surface area contributed by atoms with E-state index < -0.39 is 6.03 Å². The second kappa shape index (κ2) is 8.29. The van der Waals surface area contributed by atoms with E-state index in [9.17, 15) is 9.59 Å². The molecule has 0 aliphatic carbocycles. The summed E-state index contributed by atoms with van der Waals surface area (Å²) < 4.78 is 0. The SMILES string of the molecule is Cc1ccc(NC(=O)CCNC(=O)Nc2ccccc2C#N)nc1. The third-order valence-electron chi connectivity index (χ3n) is 3.11. The molecule has 1 aromatic carbocycles. The number of carbonyl (C=O) groups excluding carboxylic acids is 2. The van der Waals surface area contributed by atoms with Crippen molar-refractivity contribution in [3.05, 3.63) is 53.7 Å². The molecule has 1 aromatic heterocycles. The summed E-state index contributed by atoms with van der Waals surface area (Å²) in [6.45, 7) is 2.07. The Morgan fingerprint density at radius 1 is 1.17 bits per heavy atom. The van der Waals surface area contributed by atoms with Gasteiger partial charge in [0.2, 0.25) is 5.91 Å². The highest BCUT2D eigenvalue weighted by atomic mass is 16.2. The molecule has 3 N–H and O–H groups in total. The molecule has 7 nitrogen and oxygen atoms in total. The van der Waals surface area contributed by atoms with E-state index in [0.29, 0.717) is 17.1 Å². The highest BCUT2D eigenvalue weighted by Crippen LogP contribution is 2.12. The lowest BCUT2D eigenvalue weighted by Crippen LogP contribution is -2.31. The van der Waals surface area contributed by atoms with Gasteiger partial charge in [0.05, 0.1) is 11.3 Å². The van der Waals surface area contributed by atoms with Gasteiger partial charge in [-0.1, -0.05) is 18.2 Å². The maximum atomic E-state index is 11.8. The fourth-order valence-electron chi connectivity index (χ4n) is 1.89. The zero-order valence-electron chi connectivity index (χ0n) is 13.2. The lowest BCUT2D eigenvalue weighted by atomic mass is 10.2. The first-order valence-corrected chi connectivity index (χ1v) is 7.35. The molecular formula is C17H17N5O2. The highest BCUT2D eigenvalue weighted by Gasteiger charge is 2.07. The van der Waals surface area contributed by atoms with E-state index in [1.54, 1.807) is 36.5 Å². The Hall–Kier alpha value is -3.40. The first-order valence-electron chi connectivity index (χ1n) is 7.35. The molecule has 0 fully saturated rings. The minimum Gasteiger partial charge on any atom is -0.337 e. The molecule has 0 aliphatic heterocycles. The maximum Gasteiger partial charge on any atom is 0.319 e. The smallest absolute Gasteiger partial charge is 0.319 e. The van der Waals surface area contributed by atoms with Gasteiger partial charge in [-0.2, -0.15) is 5.26 Å². The minimum atomic E-state index is -0.473. The lowest BCUT2D eigenvalue weighted by molar-refractivity contribution is -0.116. The van der Waals surface area contributed by atoms with Crippen molar-refractivity contribution in [2.24, 2.45) is 0 Å². The van der Waals surface area contributed by atoms with Gasteiger partial charge >= 0.3 is 6.03 Å². The number of para-hydroxylation sites is 1. The molecule has 0 aliphatic rings. The molecule has 2 aromatic rings. The van der Waals surface area contributed by atoms with Crippen LogP contribution in [-0.4, -0.2) is 23.5 Å². The molecule has 122 valence electrons. The molecule has 0 radical (unpaired) electrons. The zero-order chi connectivity index (χ0) is 17.4.